The first kappa shape index (κ1) is 16.8. The second kappa shape index (κ2) is 6.48. The molecular formula is C15H12F2N4O3S. The highest BCUT2D eigenvalue weighted by Crippen LogP contribution is 2.35. The maximum Gasteiger partial charge on any atom is 0.258 e. The molecule has 0 radical (unpaired) electrons. The molecule has 3 rings (SSSR count). The Bertz CT molecular complexity index is 949. The van der Waals surface area contributed by atoms with Gasteiger partial charge in [0.2, 0.25) is 0 Å². The highest BCUT2D eigenvalue weighted by atomic mass is 32.1. The Labute approximate surface area is 144 Å². The van der Waals surface area contributed by atoms with Crippen molar-refractivity contribution in [1.82, 2.24) is 9.97 Å². The van der Waals surface area contributed by atoms with Crippen LogP contribution in [0.1, 0.15) is 10.4 Å². The predicted octanol–water partition coefficient (Wildman–Crippen LogP) is 2.82. The lowest BCUT2D eigenvalue weighted by Crippen LogP contribution is -2.15. The topological polar surface area (TPSA) is 99.4 Å². The molecule has 1 aromatic carbocycles. The summed E-state index contributed by atoms with van der Waals surface area (Å²) in [5, 5.41) is 3.68. The van der Waals surface area contributed by atoms with Crippen molar-refractivity contribution in [3.05, 3.63) is 35.0 Å². The molecule has 0 atom stereocenters. The third-order valence-electron chi connectivity index (χ3n) is 3.44. The number of fused-ring (bicyclic) bond motifs is 1. The van der Waals surface area contributed by atoms with Gasteiger partial charge < -0.3 is 20.5 Å². The van der Waals surface area contributed by atoms with E-state index >= 15 is 0 Å². The third kappa shape index (κ3) is 2.80. The van der Waals surface area contributed by atoms with Gasteiger partial charge in [-0.2, -0.15) is 0 Å². The first-order valence-electron chi connectivity index (χ1n) is 6.86. The van der Waals surface area contributed by atoms with Crippen LogP contribution in [0.3, 0.4) is 0 Å². The number of nitrogens with one attached hydrogen (secondary N) is 1. The van der Waals surface area contributed by atoms with Gasteiger partial charge in [-0.1, -0.05) is 0 Å². The zero-order chi connectivity index (χ0) is 18.1. The van der Waals surface area contributed by atoms with E-state index < -0.39 is 23.2 Å². The Morgan fingerprint density at radius 1 is 1.20 bits per heavy atom. The zero-order valence-corrected chi connectivity index (χ0v) is 13.9. The number of carbonyl (C=O) groups excluding carboxylic acids is 1. The summed E-state index contributed by atoms with van der Waals surface area (Å²) in [5.41, 5.74) is 5.46. The number of nitrogens with two attached hydrogens (primary N) is 1. The van der Waals surface area contributed by atoms with Gasteiger partial charge >= 0.3 is 0 Å². The van der Waals surface area contributed by atoms with Gasteiger partial charge in [-0.3, -0.25) is 4.79 Å². The lowest BCUT2D eigenvalue weighted by molar-refractivity contribution is 0.102. The number of amides is 1. The summed E-state index contributed by atoms with van der Waals surface area (Å²) in [6, 6.07) is 1.05. The van der Waals surface area contributed by atoms with E-state index in [1.807, 2.05) is 0 Å². The van der Waals surface area contributed by atoms with Crippen molar-refractivity contribution in [1.29, 1.82) is 0 Å². The molecule has 0 unspecified atom stereocenters. The van der Waals surface area contributed by atoms with E-state index in [0.717, 1.165) is 17.4 Å². The SMILES string of the molecule is COc1cc(OC)c(F)c(NC(=O)c2csc3c(N)ncnc23)c1F. The van der Waals surface area contributed by atoms with Gasteiger partial charge in [0.1, 0.15) is 17.8 Å². The minimum Gasteiger partial charge on any atom is -0.493 e. The number of rotatable bonds is 4. The van der Waals surface area contributed by atoms with Crippen LogP contribution in [0, 0.1) is 11.6 Å². The number of hydrogen-bond acceptors (Lipinski definition) is 7. The lowest BCUT2D eigenvalue weighted by Gasteiger charge is -2.13. The van der Waals surface area contributed by atoms with Crippen LogP contribution in [0.5, 0.6) is 11.5 Å². The molecule has 0 bridgehead atoms. The van der Waals surface area contributed by atoms with Crippen molar-refractivity contribution < 1.29 is 23.0 Å². The summed E-state index contributed by atoms with van der Waals surface area (Å²) in [5.74, 6) is -3.18. The second-order valence-electron chi connectivity index (χ2n) is 4.82. The highest BCUT2D eigenvalue weighted by molar-refractivity contribution is 7.18. The quantitative estimate of drug-likeness (QED) is 0.737. The smallest absolute Gasteiger partial charge is 0.258 e. The Morgan fingerprint density at radius 3 is 2.44 bits per heavy atom. The first-order chi connectivity index (χ1) is 12.0. The van der Waals surface area contributed by atoms with Crippen LogP contribution in [0.15, 0.2) is 17.8 Å². The van der Waals surface area contributed by atoms with Gasteiger partial charge in [-0.05, 0) is 0 Å². The van der Waals surface area contributed by atoms with Crippen molar-refractivity contribution in [2.24, 2.45) is 0 Å². The van der Waals surface area contributed by atoms with Crippen LogP contribution in [0.2, 0.25) is 0 Å². The molecule has 10 heteroatoms. The number of halogens is 2. The molecule has 0 saturated carbocycles. The average Bonchev–Trinajstić information content (AvgIpc) is 3.04. The summed E-state index contributed by atoms with van der Waals surface area (Å²) in [6.07, 6.45) is 1.21. The predicted molar refractivity (Wildman–Crippen MR) is 89.2 cm³/mol. The standard InChI is InChI=1S/C15H12F2N4O3S/c1-23-7-3-8(24-2)10(17)12(9(7)16)21-15(22)6-4-25-13-11(6)19-5-20-14(13)18/h3-5H,1-2H3,(H,21,22)(H2,18,19,20). The minimum absolute atomic E-state index is 0.120. The summed E-state index contributed by atoms with van der Waals surface area (Å²) in [6.45, 7) is 0. The number of thiophene rings is 1. The molecule has 0 aliphatic heterocycles. The van der Waals surface area contributed by atoms with Crippen LogP contribution in [0.25, 0.3) is 10.2 Å². The summed E-state index contributed by atoms with van der Waals surface area (Å²) >= 11 is 1.16. The first-order valence-corrected chi connectivity index (χ1v) is 7.74. The molecule has 1 amide bonds. The van der Waals surface area contributed by atoms with Crippen molar-refractivity contribution >= 4 is 39.0 Å². The van der Waals surface area contributed by atoms with Gasteiger partial charge in [0.25, 0.3) is 5.91 Å². The molecule has 7 nitrogen and oxygen atoms in total. The molecule has 25 heavy (non-hydrogen) atoms. The Hall–Kier alpha value is -3.01. The number of carbonyl (C=O) groups is 1. The number of nitrogens with zero attached hydrogens (tertiary/aromatic N) is 2. The van der Waals surface area contributed by atoms with Crippen molar-refractivity contribution in [2.75, 3.05) is 25.3 Å². The molecule has 0 aliphatic rings. The Morgan fingerprint density at radius 2 is 1.84 bits per heavy atom. The van der Waals surface area contributed by atoms with Crippen LogP contribution in [0.4, 0.5) is 20.3 Å². The Kier molecular flexibility index (Phi) is 4.36. The maximum atomic E-state index is 14.4. The molecule has 130 valence electrons. The number of ether oxygens (including phenoxy) is 2. The number of benzene rings is 1. The van der Waals surface area contributed by atoms with E-state index in [4.69, 9.17) is 15.2 Å². The molecule has 2 aromatic heterocycles. The van der Waals surface area contributed by atoms with Crippen molar-refractivity contribution in [3.8, 4) is 11.5 Å². The molecule has 2 heterocycles. The van der Waals surface area contributed by atoms with Crippen molar-refractivity contribution in [3.63, 3.8) is 0 Å². The largest absolute Gasteiger partial charge is 0.493 e. The third-order valence-corrected chi connectivity index (χ3v) is 4.43. The number of hydrogen-bond donors (Lipinski definition) is 2. The summed E-state index contributed by atoms with van der Waals surface area (Å²) < 4.78 is 38.9. The number of nitrogen functional groups attached to an aromatic ring is 1. The van der Waals surface area contributed by atoms with Crippen LogP contribution in [-0.2, 0) is 0 Å². The molecule has 3 aromatic rings. The molecule has 0 saturated heterocycles. The van der Waals surface area contributed by atoms with E-state index in [2.05, 4.69) is 15.3 Å². The maximum absolute atomic E-state index is 14.4. The molecule has 3 N–H and O–H groups in total. The van der Waals surface area contributed by atoms with Gasteiger partial charge in [-0.15, -0.1) is 11.3 Å². The van der Waals surface area contributed by atoms with Crippen LogP contribution < -0.4 is 20.5 Å². The van der Waals surface area contributed by atoms with Crippen molar-refractivity contribution in [2.45, 2.75) is 0 Å². The molecule has 0 fully saturated rings. The van der Waals surface area contributed by atoms with Gasteiger partial charge in [0.15, 0.2) is 23.1 Å². The normalized spacial score (nSPS) is 10.7. The van der Waals surface area contributed by atoms with E-state index in [0.29, 0.717) is 10.2 Å². The zero-order valence-electron chi connectivity index (χ0n) is 13.1. The molecule has 0 aliphatic carbocycles. The lowest BCUT2D eigenvalue weighted by atomic mass is 10.2. The molecule has 0 spiro atoms. The fourth-order valence-corrected chi connectivity index (χ4v) is 3.11. The number of anilines is 2. The second-order valence-corrected chi connectivity index (χ2v) is 5.70. The van der Waals surface area contributed by atoms with E-state index in [1.165, 1.54) is 25.9 Å². The fourth-order valence-electron chi connectivity index (χ4n) is 2.21. The molecular weight excluding hydrogens is 354 g/mol. The van der Waals surface area contributed by atoms with E-state index in [-0.39, 0.29) is 22.9 Å². The number of methoxy groups -OCH3 is 2. The van der Waals surface area contributed by atoms with Crippen LogP contribution in [-0.4, -0.2) is 30.1 Å². The fraction of sp³-hybridized carbons (Fsp3) is 0.133. The highest BCUT2D eigenvalue weighted by Gasteiger charge is 2.24. The minimum atomic E-state index is -1.05. The summed E-state index contributed by atoms with van der Waals surface area (Å²) in [7, 11) is 2.43. The number of aromatic nitrogens is 2. The average molecular weight is 366 g/mol. The van der Waals surface area contributed by atoms with Gasteiger partial charge in [-0.25, -0.2) is 18.7 Å². The van der Waals surface area contributed by atoms with E-state index in [9.17, 15) is 13.6 Å². The monoisotopic (exact) mass is 366 g/mol. The van der Waals surface area contributed by atoms with Crippen LogP contribution >= 0.6 is 11.3 Å². The van der Waals surface area contributed by atoms with E-state index in [1.54, 1.807) is 0 Å². The van der Waals surface area contributed by atoms with Gasteiger partial charge in [0, 0.05) is 11.4 Å². The summed E-state index contributed by atoms with van der Waals surface area (Å²) in [4.78, 5) is 20.3. The Balaban J connectivity index is 2.04. The van der Waals surface area contributed by atoms with Gasteiger partial charge in [0.05, 0.1) is 30.0 Å².